The Bertz CT molecular complexity index is 391. The first kappa shape index (κ1) is 12.8. The largest absolute Gasteiger partial charge is 0.330 e. The van der Waals surface area contributed by atoms with E-state index in [-0.39, 0.29) is 23.8 Å². The summed E-state index contributed by atoms with van der Waals surface area (Å²) in [5.74, 6) is -2.29. The molecule has 0 spiro atoms. The number of benzene rings is 1. The molecule has 0 aromatic heterocycles. The van der Waals surface area contributed by atoms with E-state index in [2.05, 4.69) is 0 Å². The van der Waals surface area contributed by atoms with Crippen LogP contribution < -0.4 is 5.73 Å². The molecule has 2 N–H and O–H groups in total. The maximum atomic E-state index is 13.4. The molecule has 1 unspecified atom stereocenters. The minimum absolute atomic E-state index is 0.0296. The van der Waals surface area contributed by atoms with Gasteiger partial charge in [-0.2, -0.15) is 0 Å². The Hall–Kier alpha value is -1.29. The van der Waals surface area contributed by atoms with Crippen molar-refractivity contribution in [1.82, 2.24) is 0 Å². The van der Waals surface area contributed by atoms with Crippen molar-refractivity contribution in [1.29, 1.82) is 0 Å². The van der Waals surface area contributed by atoms with Crippen molar-refractivity contribution in [3.63, 3.8) is 0 Å². The van der Waals surface area contributed by atoms with Gasteiger partial charge in [0.05, 0.1) is 5.56 Å². The summed E-state index contributed by atoms with van der Waals surface area (Å²) >= 11 is 0. The molecule has 0 aliphatic carbocycles. The molecule has 2 nitrogen and oxygen atoms in total. The maximum Gasteiger partial charge on any atom is 0.170 e. The summed E-state index contributed by atoms with van der Waals surface area (Å²) in [5, 5.41) is 0. The Kier molecular flexibility index (Phi) is 4.12. The summed E-state index contributed by atoms with van der Waals surface area (Å²) in [4.78, 5) is 11.9. The molecule has 1 aromatic carbocycles. The van der Waals surface area contributed by atoms with Crippen LogP contribution in [-0.2, 0) is 0 Å². The zero-order chi connectivity index (χ0) is 12.3. The fourth-order valence-corrected chi connectivity index (χ4v) is 1.57. The van der Waals surface area contributed by atoms with Gasteiger partial charge in [-0.05, 0) is 18.1 Å². The van der Waals surface area contributed by atoms with E-state index in [1.165, 1.54) is 0 Å². The molecule has 0 radical (unpaired) electrons. The van der Waals surface area contributed by atoms with Crippen molar-refractivity contribution < 1.29 is 13.6 Å². The lowest BCUT2D eigenvalue weighted by atomic mass is 9.88. The van der Waals surface area contributed by atoms with Crippen molar-refractivity contribution in [3.8, 4) is 0 Å². The van der Waals surface area contributed by atoms with E-state index in [0.29, 0.717) is 6.07 Å². The van der Waals surface area contributed by atoms with Crippen LogP contribution in [0.1, 0.15) is 24.2 Å². The molecule has 0 heterocycles. The van der Waals surface area contributed by atoms with Crippen LogP contribution in [0.25, 0.3) is 0 Å². The summed E-state index contributed by atoms with van der Waals surface area (Å²) in [6.07, 6.45) is 0. The highest BCUT2D eigenvalue weighted by Crippen LogP contribution is 2.19. The molecule has 0 amide bonds. The Morgan fingerprint density at radius 2 is 2.00 bits per heavy atom. The van der Waals surface area contributed by atoms with Gasteiger partial charge in [0.15, 0.2) is 5.78 Å². The van der Waals surface area contributed by atoms with Crippen molar-refractivity contribution in [2.24, 2.45) is 17.6 Å². The Morgan fingerprint density at radius 3 is 2.44 bits per heavy atom. The second-order valence-electron chi connectivity index (χ2n) is 4.07. The van der Waals surface area contributed by atoms with Crippen LogP contribution in [-0.4, -0.2) is 12.3 Å². The molecule has 0 fully saturated rings. The van der Waals surface area contributed by atoms with Crippen LogP contribution in [0.4, 0.5) is 8.78 Å². The van der Waals surface area contributed by atoms with E-state index in [1.54, 1.807) is 0 Å². The van der Waals surface area contributed by atoms with Gasteiger partial charge in [-0.1, -0.05) is 13.8 Å². The molecule has 0 saturated heterocycles. The van der Waals surface area contributed by atoms with Crippen LogP contribution in [0.5, 0.6) is 0 Å². The number of nitrogens with two attached hydrogens (primary N) is 1. The summed E-state index contributed by atoms with van der Waals surface area (Å²) in [5.41, 5.74) is 5.38. The predicted octanol–water partition coefficient (Wildman–Crippen LogP) is 2.38. The fourth-order valence-electron chi connectivity index (χ4n) is 1.57. The number of carbonyl (C=O) groups excluding carboxylic acids is 1. The Balaban J connectivity index is 3.04. The topological polar surface area (TPSA) is 43.1 Å². The van der Waals surface area contributed by atoms with Crippen molar-refractivity contribution in [2.75, 3.05) is 6.54 Å². The number of Topliss-reactive ketones (excluding diaryl/α,β-unsaturated/α-hetero) is 1. The first-order valence-corrected chi connectivity index (χ1v) is 5.16. The van der Waals surface area contributed by atoms with Crippen LogP contribution in [0.3, 0.4) is 0 Å². The van der Waals surface area contributed by atoms with Gasteiger partial charge in [-0.15, -0.1) is 0 Å². The summed E-state index contributed by atoms with van der Waals surface area (Å²) in [6, 6.07) is 2.95. The molecular formula is C12H15F2NO. The Labute approximate surface area is 93.5 Å². The smallest absolute Gasteiger partial charge is 0.170 e. The van der Waals surface area contributed by atoms with Crippen LogP contribution >= 0.6 is 0 Å². The molecule has 0 saturated carbocycles. The van der Waals surface area contributed by atoms with Crippen molar-refractivity contribution >= 4 is 5.78 Å². The number of carbonyl (C=O) groups is 1. The Morgan fingerprint density at radius 1 is 1.38 bits per heavy atom. The molecule has 0 bridgehead atoms. The van der Waals surface area contributed by atoms with Gasteiger partial charge in [0.25, 0.3) is 0 Å². The molecule has 16 heavy (non-hydrogen) atoms. The number of hydrogen-bond donors (Lipinski definition) is 1. The highest BCUT2D eigenvalue weighted by molar-refractivity contribution is 5.98. The molecule has 1 aromatic rings. The third kappa shape index (κ3) is 2.64. The van der Waals surface area contributed by atoms with Gasteiger partial charge in [-0.25, -0.2) is 8.78 Å². The van der Waals surface area contributed by atoms with Gasteiger partial charge < -0.3 is 5.73 Å². The van der Waals surface area contributed by atoms with E-state index in [0.717, 1.165) is 12.1 Å². The first-order chi connectivity index (χ1) is 7.47. The SMILES string of the molecule is CC(C)C(CN)C(=O)c1ccc(F)cc1F. The van der Waals surface area contributed by atoms with Crippen LogP contribution in [0, 0.1) is 23.5 Å². The quantitative estimate of drug-likeness (QED) is 0.802. The van der Waals surface area contributed by atoms with Gasteiger partial charge >= 0.3 is 0 Å². The molecular weight excluding hydrogens is 212 g/mol. The van der Waals surface area contributed by atoms with Gasteiger partial charge in [0, 0.05) is 18.5 Å². The zero-order valence-corrected chi connectivity index (χ0v) is 9.34. The van der Waals surface area contributed by atoms with Gasteiger partial charge in [-0.3, -0.25) is 4.79 Å². The second-order valence-corrected chi connectivity index (χ2v) is 4.07. The lowest BCUT2D eigenvalue weighted by Crippen LogP contribution is -2.29. The second kappa shape index (κ2) is 5.16. The number of halogens is 2. The van der Waals surface area contributed by atoms with E-state index >= 15 is 0 Å². The van der Waals surface area contributed by atoms with E-state index in [1.807, 2.05) is 13.8 Å². The number of hydrogen-bond acceptors (Lipinski definition) is 2. The maximum absolute atomic E-state index is 13.4. The normalized spacial score (nSPS) is 12.9. The molecule has 4 heteroatoms. The molecule has 88 valence electrons. The lowest BCUT2D eigenvalue weighted by Gasteiger charge is -2.17. The standard InChI is InChI=1S/C12H15F2NO/c1-7(2)10(6-15)12(16)9-4-3-8(13)5-11(9)14/h3-5,7,10H,6,15H2,1-2H3. The minimum atomic E-state index is -0.830. The summed E-state index contributed by atoms with van der Waals surface area (Å²) in [7, 11) is 0. The monoisotopic (exact) mass is 227 g/mol. The van der Waals surface area contributed by atoms with E-state index in [4.69, 9.17) is 5.73 Å². The average Bonchev–Trinajstić information content (AvgIpc) is 2.17. The third-order valence-electron chi connectivity index (χ3n) is 2.59. The zero-order valence-electron chi connectivity index (χ0n) is 9.34. The summed E-state index contributed by atoms with van der Waals surface area (Å²) < 4.78 is 26.0. The van der Waals surface area contributed by atoms with E-state index < -0.39 is 17.6 Å². The minimum Gasteiger partial charge on any atom is -0.330 e. The predicted molar refractivity (Wildman–Crippen MR) is 58.1 cm³/mol. The van der Waals surface area contributed by atoms with Crippen LogP contribution in [0.2, 0.25) is 0 Å². The van der Waals surface area contributed by atoms with Crippen molar-refractivity contribution in [3.05, 3.63) is 35.4 Å². The fraction of sp³-hybridized carbons (Fsp3) is 0.417. The average molecular weight is 227 g/mol. The molecule has 1 rings (SSSR count). The van der Waals surface area contributed by atoms with Crippen molar-refractivity contribution in [2.45, 2.75) is 13.8 Å². The summed E-state index contributed by atoms with van der Waals surface area (Å²) in [6.45, 7) is 3.85. The third-order valence-corrected chi connectivity index (χ3v) is 2.59. The number of rotatable bonds is 4. The highest BCUT2D eigenvalue weighted by atomic mass is 19.1. The highest BCUT2D eigenvalue weighted by Gasteiger charge is 2.24. The lowest BCUT2D eigenvalue weighted by molar-refractivity contribution is 0.0888. The molecule has 0 aliphatic rings. The van der Waals surface area contributed by atoms with Gasteiger partial charge in [0.2, 0.25) is 0 Å². The molecule has 0 aliphatic heterocycles. The molecule has 1 atom stereocenters. The van der Waals surface area contributed by atoms with E-state index in [9.17, 15) is 13.6 Å². The number of ketones is 1. The van der Waals surface area contributed by atoms with Crippen LogP contribution in [0.15, 0.2) is 18.2 Å². The first-order valence-electron chi connectivity index (χ1n) is 5.16. The van der Waals surface area contributed by atoms with Gasteiger partial charge in [0.1, 0.15) is 11.6 Å².